The van der Waals surface area contributed by atoms with Crippen LogP contribution in [0.5, 0.6) is 0 Å². The first-order chi connectivity index (χ1) is 13.7. The van der Waals surface area contributed by atoms with Gasteiger partial charge in [-0.1, -0.05) is 77.5 Å². The van der Waals surface area contributed by atoms with Crippen molar-refractivity contribution in [2.75, 3.05) is 0 Å². The second-order valence-electron chi connectivity index (χ2n) is 11.5. The number of rotatable bonds is 4. The minimum Gasteiger partial charge on any atom is -0.393 e. The lowest BCUT2D eigenvalue weighted by Gasteiger charge is -2.50. The predicted molar refractivity (Wildman–Crippen MR) is 123 cm³/mol. The van der Waals surface area contributed by atoms with E-state index in [1.54, 1.807) is 11.1 Å². The molecule has 2 saturated carbocycles. The molecule has 0 heterocycles. The van der Waals surface area contributed by atoms with Crippen molar-refractivity contribution in [1.82, 2.24) is 0 Å². The van der Waals surface area contributed by atoms with Gasteiger partial charge < -0.3 is 5.11 Å². The van der Waals surface area contributed by atoms with Gasteiger partial charge in [0.1, 0.15) is 0 Å². The van der Waals surface area contributed by atoms with Crippen molar-refractivity contribution >= 4 is 0 Å². The highest BCUT2D eigenvalue weighted by Crippen LogP contribution is 2.63. The Morgan fingerprint density at radius 2 is 1.79 bits per heavy atom. The molecule has 2 fully saturated rings. The number of allylic oxidation sites excluding steroid dienone is 7. The zero-order valence-corrected chi connectivity index (χ0v) is 19.5. The largest absolute Gasteiger partial charge is 0.393 e. The Kier molecular flexibility index (Phi) is 5.52. The number of hydrogen-bond donors (Lipinski definition) is 1. The Hall–Kier alpha value is -1.08. The SMILES string of the molecule is CC(C)[C@@H](C)C=C[C@@H](C)[C@H]1CC[C@H]2C3=CC=C4C[C@@H](O)CC[C@]4(C)C3=CC[C@]12C. The normalized spacial score (nSPS) is 41.2. The molecule has 160 valence electrons. The first kappa shape index (κ1) is 21.2. The van der Waals surface area contributed by atoms with E-state index < -0.39 is 0 Å². The van der Waals surface area contributed by atoms with E-state index in [0.29, 0.717) is 29.1 Å². The maximum absolute atomic E-state index is 10.2. The third kappa shape index (κ3) is 3.42. The fourth-order valence-corrected chi connectivity index (χ4v) is 6.96. The lowest BCUT2D eigenvalue weighted by molar-refractivity contribution is 0.113. The van der Waals surface area contributed by atoms with E-state index in [2.05, 4.69) is 71.9 Å². The van der Waals surface area contributed by atoms with E-state index in [9.17, 15) is 5.11 Å². The molecule has 0 unspecified atom stereocenters. The fraction of sp³-hybridized carbons (Fsp3) is 0.714. The standard InChI is InChI=1S/C28H42O/c1-18(2)19(3)7-8-20(4)24-11-12-25-23-10-9-21-17-22(29)13-15-27(21,5)26(23)14-16-28(24,25)6/h7-10,14,18-20,22,24-25,29H,11-13,15-17H2,1-6H3/t19-,20+,22-,24+,25-,27-,28+/m0/s1. The molecule has 29 heavy (non-hydrogen) atoms. The van der Waals surface area contributed by atoms with Crippen LogP contribution in [0.15, 0.2) is 47.1 Å². The van der Waals surface area contributed by atoms with Gasteiger partial charge in [0.05, 0.1) is 6.10 Å². The molecule has 1 nitrogen and oxygen atoms in total. The molecule has 0 spiro atoms. The molecule has 0 bridgehead atoms. The molecule has 0 aliphatic heterocycles. The van der Waals surface area contributed by atoms with Crippen molar-refractivity contribution in [3.05, 3.63) is 47.1 Å². The molecule has 0 amide bonds. The van der Waals surface area contributed by atoms with Gasteiger partial charge in [0.15, 0.2) is 0 Å². The maximum Gasteiger partial charge on any atom is 0.0578 e. The van der Waals surface area contributed by atoms with Crippen LogP contribution >= 0.6 is 0 Å². The third-order valence-corrected chi connectivity index (χ3v) is 9.45. The second-order valence-corrected chi connectivity index (χ2v) is 11.5. The van der Waals surface area contributed by atoms with Gasteiger partial charge in [0.2, 0.25) is 0 Å². The molecular weight excluding hydrogens is 352 g/mol. The quantitative estimate of drug-likeness (QED) is 0.498. The molecule has 7 atom stereocenters. The minimum atomic E-state index is -0.143. The summed E-state index contributed by atoms with van der Waals surface area (Å²) in [6.45, 7) is 14.5. The molecule has 4 aliphatic carbocycles. The Balaban J connectivity index is 1.60. The summed E-state index contributed by atoms with van der Waals surface area (Å²) in [5.41, 5.74) is 5.26. The number of aliphatic hydroxyl groups is 1. The van der Waals surface area contributed by atoms with Crippen molar-refractivity contribution in [3.63, 3.8) is 0 Å². The van der Waals surface area contributed by atoms with Crippen LogP contribution in [-0.2, 0) is 0 Å². The van der Waals surface area contributed by atoms with Crippen molar-refractivity contribution in [2.45, 2.75) is 86.2 Å². The Morgan fingerprint density at radius 1 is 1.03 bits per heavy atom. The second kappa shape index (κ2) is 7.56. The molecule has 0 aromatic heterocycles. The van der Waals surface area contributed by atoms with Crippen LogP contribution in [0.2, 0.25) is 0 Å². The summed E-state index contributed by atoms with van der Waals surface area (Å²) in [6.07, 6.45) is 19.1. The van der Waals surface area contributed by atoms with Crippen LogP contribution in [0.1, 0.15) is 80.1 Å². The zero-order valence-electron chi connectivity index (χ0n) is 19.5. The van der Waals surface area contributed by atoms with Gasteiger partial charge in [-0.05, 0) is 84.7 Å². The van der Waals surface area contributed by atoms with Crippen molar-refractivity contribution in [1.29, 1.82) is 0 Å². The number of hydrogen-bond acceptors (Lipinski definition) is 1. The molecule has 0 aromatic rings. The van der Waals surface area contributed by atoms with Crippen LogP contribution in [0.3, 0.4) is 0 Å². The summed E-state index contributed by atoms with van der Waals surface area (Å²) in [5.74, 6) is 3.50. The first-order valence-corrected chi connectivity index (χ1v) is 12.2. The van der Waals surface area contributed by atoms with Crippen molar-refractivity contribution in [3.8, 4) is 0 Å². The highest BCUT2D eigenvalue weighted by molar-refractivity contribution is 5.53. The summed E-state index contributed by atoms with van der Waals surface area (Å²) in [5, 5.41) is 10.2. The van der Waals surface area contributed by atoms with E-state index in [1.807, 2.05) is 0 Å². The van der Waals surface area contributed by atoms with Gasteiger partial charge in [-0.15, -0.1) is 0 Å². The number of fused-ring (bicyclic) bond motifs is 5. The van der Waals surface area contributed by atoms with Crippen LogP contribution in [-0.4, -0.2) is 11.2 Å². The van der Waals surface area contributed by atoms with Gasteiger partial charge in [-0.2, -0.15) is 0 Å². The van der Waals surface area contributed by atoms with Crippen LogP contribution in [0.4, 0.5) is 0 Å². The predicted octanol–water partition coefficient (Wildman–Crippen LogP) is 7.25. The smallest absolute Gasteiger partial charge is 0.0578 e. The fourth-order valence-electron chi connectivity index (χ4n) is 6.96. The Labute approximate surface area is 179 Å². The third-order valence-electron chi connectivity index (χ3n) is 9.45. The highest BCUT2D eigenvalue weighted by atomic mass is 16.3. The van der Waals surface area contributed by atoms with E-state index in [0.717, 1.165) is 25.2 Å². The molecule has 4 aliphatic rings. The van der Waals surface area contributed by atoms with E-state index in [-0.39, 0.29) is 11.5 Å². The van der Waals surface area contributed by atoms with Gasteiger partial charge in [-0.25, -0.2) is 0 Å². The van der Waals surface area contributed by atoms with Crippen molar-refractivity contribution < 1.29 is 5.11 Å². The summed E-state index contributed by atoms with van der Waals surface area (Å²) >= 11 is 0. The summed E-state index contributed by atoms with van der Waals surface area (Å²) in [4.78, 5) is 0. The monoisotopic (exact) mass is 394 g/mol. The summed E-state index contributed by atoms with van der Waals surface area (Å²) in [7, 11) is 0. The first-order valence-electron chi connectivity index (χ1n) is 12.2. The van der Waals surface area contributed by atoms with E-state index in [4.69, 9.17) is 0 Å². The van der Waals surface area contributed by atoms with Crippen molar-refractivity contribution in [2.24, 2.45) is 40.4 Å². The molecular formula is C28H42O. The topological polar surface area (TPSA) is 20.2 Å². The molecule has 0 saturated heterocycles. The van der Waals surface area contributed by atoms with Gasteiger partial charge in [0, 0.05) is 5.41 Å². The Morgan fingerprint density at radius 3 is 2.52 bits per heavy atom. The summed E-state index contributed by atoms with van der Waals surface area (Å²) < 4.78 is 0. The summed E-state index contributed by atoms with van der Waals surface area (Å²) in [6, 6.07) is 0. The lowest BCUT2D eigenvalue weighted by Crippen LogP contribution is -2.41. The average molecular weight is 395 g/mol. The molecule has 0 radical (unpaired) electrons. The van der Waals surface area contributed by atoms with Crippen LogP contribution in [0, 0.1) is 40.4 Å². The van der Waals surface area contributed by atoms with Gasteiger partial charge in [0.25, 0.3) is 0 Å². The highest BCUT2D eigenvalue weighted by Gasteiger charge is 2.53. The minimum absolute atomic E-state index is 0.143. The van der Waals surface area contributed by atoms with Gasteiger partial charge in [-0.3, -0.25) is 0 Å². The lowest BCUT2D eigenvalue weighted by atomic mass is 9.54. The van der Waals surface area contributed by atoms with Gasteiger partial charge >= 0.3 is 0 Å². The molecule has 4 rings (SSSR count). The van der Waals surface area contributed by atoms with Crippen LogP contribution < -0.4 is 0 Å². The van der Waals surface area contributed by atoms with E-state index in [1.165, 1.54) is 24.8 Å². The molecule has 0 aromatic carbocycles. The maximum atomic E-state index is 10.2. The molecule has 1 N–H and O–H groups in total. The zero-order chi connectivity index (χ0) is 21.0. The average Bonchev–Trinajstić information content (AvgIpc) is 3.03. The number of aliphatic hydroxyl groups excluding tert-OH is 1. The molecule has 1 heteroatoms. The van der Waals surface area contributed by atoms with E-state index >= 15 is 0 Å². The van der Waals surface area contributed by atoms with Crippen LogP contribution in [0.25, 0.3) is 0 Å². The Bertz CT molecular complexity index is 765.